The van der Waals surface area contributed by atoms with Gasteiger partial charge >= 0.3 is 5.97 Å². The second-order valence-corrected chi connectivity index (χ2v) is 7.87. The van der Waals surface area contributed by atoms with Gasteiger partial charge in [0.25, 0.3) is 0 Å². The number of rotatable bonds is 4. The van der Waals surface area contributed by atoms with Crippen molar-refractivity contribution in [3.8, 4) is 0 Å². The highest BCUT2D eigenvalue weighted by Crippen LogP contribution is 2.45. The van der Waals surface area contributed by atoms with Crippen molar-refractivity contribution in [1.82, 2.24) is 4.98 Å². The third-order valence-electron chi connectivity index (χ3n) is 3.63. The summed E-state index contributed by atoms with van der Waals surface area (Å²) in [5, 5.41) is 0.506. The second kappa shape index (κ2) is 6.00. The zero-order chi connectivity index (χ0) is 15.9. The Hall–Kier alpha value is -1.41. The van der Waals surface area contributed by atoms with E-state index in [0.29, 0.717) is 28.9 Å². The van der Waals surface area contributed by atoms with Crippen molar-refractivity contribution in [1.29, 1.82) is 0 Å². The predicted octanol–water partition coefficient (Wildman–Crippen LogP) is 2.19. The number of ether oxygens (including phenoxy) is 1. The van der Waals surface area contributed by atoms with Crippen LogP contribution in [0.3, 0.4) is 0 Å². The van der Waals surface area contributed by atoms with E-state index in [4.69, 9.17) is 4.74 Å². The van der Waals surface area contributed by atoms with E-state index in [1.54, 1.807) is 4.90 Å². The van der Waals surface area contributed by atoms with Gasteiger partial charge in [-0.1, -0.05) is 23.1 Å². The Balaban J connectivity index is 1.84. The largest absolute Gasteiger partial charge is 0.465 e. The lowest BCUT2D eigenvalue weighted by Gasteiger charge is -2.11. The maximum Gasteiger partial charge on any atom is 0.350 e. The Morgan fingerprint density at radius 3 is 2.73 bits per heavy atom. The van der Waals surface area contributed by atoms with Crippen LogP contribution in [-0.4, -0.2) is 40.9 Å². The van der Waals surface area contributed by atoms with E-state index in [2.05, 4.69) is 4.98 Å². The Morgan fingerprint density at radius 1 is 1.41 bits per heavy atom. The van der Waals surface area contributed by atoms with Gasteiger partial charge in [0.05, 0.1) is 12.8 Å². The minimum absolute atomic E-state index is 0.00714. The Kier molecular flexibility index (Phi) is 4.22. The highest BCUT2D eigenvalue weighted by molar-refractivity contribution is 8.14. The van der Waals surface area contributed by atoms with Crippen LogP contribution in [0.2, 0.25) is 0 Å². The van der Waals surface area contributed by atoms with E-state index in [1.165, 1.54) is 37.1 Å². The summed E-state index contributed by atoms with van der Waals surface area (Å²) in [6.07, 6.45) is 2.37. The first-order chi connectivity index (χ1) is 10.5. The molecule has 1 saturated heterocycles. The number of anilines is 1. The average molecular weight is 340 g/mol. The molecule has 0 radical (unpaired) electrons. The van der Waals surface area contributed by atoms with Gasteiger partial charge in [-0.15, -0.1) is 0 Å². The van der Waals surface area contributed by atoms with E-state index in [1.807, 2.05) is 0 Å². The third-order valence-corrected chi connectivity index (χ3v) is 5.69. The Labute approximate surface area is 136 Å². The summed E-state index contributed by atoms with van der Waals surface area (Å²) >= 11 is 2.40. The maximum atomic E-state index is 12.2. The first kappa shape index (κ1) is 15.5. The second-order valence-electron chi connectivity index (χ2n) is 5.42. The van der Waals surface area contributed by atoms with Gasteiger partial charge < -0.3 is 4.74 Å². The van der Waals surface area contributed by atoms with E-state index in [9.17, 15) is 14.4 Å². The summed E-state index contributed by atoms with van der Waals surface area (Å²) < 4.78 is 4.81. The van der Waals surface area contributed by atoms with Crippen LogP contribution in [0.15, 0.2) is 0 Å². The van der Waals surface area contributed by atoms with Crippen molar-refractivity contribution in [3.63, 3.8) is 0 Å². The number of amides is 1. The van der Waals surface area contributed by atoms with Gasteiger partial charge in [-0.3, -0.25) is 14.5 Å². The minimum atomic E-state index is -0.396. The molecule has 3 rings (SSSR count). The predicted molar refractivity (Wildman–Crippen MR) is 84.5 cm³/mol. The zero-order valence-corrected chi connectivity index (χ0v) is 14.0. The van der Waals surface area contributed by atoms with E-state index in [0.717, 1.165) is 18.5 Å². The number of carbonyl (C=O) groups excluding carboxylic acids is 3. The van der Waals surface area contributed by atoms with Crippen LogP contribution in [0.25, 0.3) is 0 Å². The normalized spacial score (nSPS) is 21.3. The Morgan fingerprint density at radius 2 is 2.14 bits per heavy atom. The zero-order valence-electron chi connectivity index (χ0n) is 12.3. The van der Waals surface area contributed by atoms with Crippen LogP contribution < -0.4 is 4.90 Å². The minimum Gasteiger partial charge on any atom is -0.465 e. The molecule has 8 heteroatoms. The standard InChI is InChI=1S/C14H16N2O4S2/c1-7(17)21-9-5-10(18)16(6-9)14-15-11(8-3-4-8)12(22-14)13(19)20-2/h8-9H,3-6H2,1-2H3. The smallest absolute Gasteiger partial charge is 0.350 e. The number of thioether (sulfide) groups is 1. The molecule has 1 saturated carbocycles. The molecule has 0 N–H and O–H groups in total. The third kappa shape index (κ3) is 3.03. The molecule has 2 fully saturated rings. The summed E-state index contributed by atoms with van der Waals surface area (Å²) in [5.41, 5.74) is 0.752. The molecule has 1 unspecified atom stereocenters. The topological polar surface area (TPSA) is 76.6 Å². The van der Waals surface area contributed by atoms with Crippen LogP contribution in [0.4, 0.5) is 5.13 Å². The maximum absolute atomic E-state index is 12.2. The first-order valence-corrected chi connectivity index (χ1v) is 8.75. The number of hydrogen-bond acceptors (Lipinski definition) is 7. The molecule has 1 aromatic heterocycles. The van der Waals surface area contributed by atoms with Crippen molar-refractivity contribution in [2.75, 3.05) is 18.6 Å². The fraction of sp³-hybridized carbons (Fsp3) is 0.571. The van der Waals surface area contributed by atoms with Crippen molar-refractivity contribution in [3.05, 3.63) is 10.6 Å². The molecule has 6 nitrogen and oxygen atoms in total. The molecular formula is C14H16N2O4S2. The number of esters is 1. The van der Waals surface area contributed by atoms with Crippen molar-refractivity contribution in [2.45, 2.75) is 37.4 Å². The molecular weight excluding hydrogens is 324 g/mol. The number of methoxy groups -OCH3 is 1. The fourth-order valence-electron chi connectivity index (χ4n) is 2.48. The van der Waals surface area contributed by atoms with Gasteiger partial charge in [0.1, 0.15) is 4.88 Å². The summed E-state index contributed by atoms with van der Waals surface area (Å²) in [6.45, 7) is 1.96. The number of nitrogens with zero attached hydrogens (tertiary/aromatic N) is 2. The lowest BCUT2D eigenvalue weighted by atomic mass is 10.2. The van der Waals surface area contributed by atoms with Crippen LogP contribution in [0, 0.1) is 0 Å². The quantitative estimate of drug-likeness (QED) is 0.782. The fourth-order valence-corrected chi connectivity index (χ4v) is 4.50. The molecule has 1 atom stereocenters. The summed E-state index contributed by atoms with van der Waals surface area (Å²) in [7, 11) is 1.35. The van der Waals surface area contributed by atoms with E-state index < -0.39 is 5.97 Å². The molecule has 1 amide bonds. The number of carbonyl (C=O) groups is 3. The molecule has 22 heavy (non-hydrogen) atoms. The molecule has 1 aliphatic heterocycles. The average Bonchev–Trinajstić information content (AvgIpc) is 3.11. The van der Waals surface area contributed by atoms with Crippen molar-refractivity contribution in [2.24, 2.45) is 0 Å². The molecule has 118 valence electrons. The van der Waals surface area contributed by atoms with E-state index >= 15 is 0 Å². The van der Waals surface area contributed by atoms with Gasteiger partial charge in [-0.25, -0.2) is 9.78 Å². The summed E-state index contributed by atoms with van der Waals surface area (Å²) in [4.78, 5) is 41.8. The van der Waals surface area contributed by atoms with E-state index in [-0.39, 0.29) is 16.3 Å². The number of hydrogen-bond donors (Lipinski definition) is 0. The summed E-state index contributed by atoms with van der Waals surface area (Å²) in [5.74, 6) is -0.141. The van der Waals surface area contributed by atoms with Gasteiger partial charge in [0.15, 0.2) is 10.2 Å². The van der Waals surface area contributed by atoms with Gasteiger partial charge in [-0.05, 0) is 12.8 Å². The molecule has 1 aromatic rings. The number of thiazole rings is 1. The molecule has 0 aromatic carbocycles. The van der Waals surface area contributed by atoms with Gasteiger partial charge in [0.2, 0.25) is 5.91 Å². The SMILES string of the molecule is COC(=O)c1sc(N2CC(SC(C)=O)CC2=O)nc1C1CC1. The molecule has 2 heterocycles. The van der Waals surface area contributed by atoms with Gasteiger partial charge in [-0.2, -0.15) is 0 Å². The van der Waals surface area contributed by atoms with Crippen LogP contribution in [0.1, 0.15) is 47.5 Å². The van der Waals surface area contributed by atoms with Crippen LogP contribution in [0.5, 0.6) is 0 Å². The molecule has 0 bridgehead atoms. The highest BCUT2D eigenvalue weighted by Gasteiger charge is 2.37. The molecule has 2 aliphatic rings. The molecule has 1 aliphatic carbocycles. The Bertz CT molecular complexity index is 639. The number of aromatic nitrogens is 1. The van der Waals surface area contributed by atoms with Crippen molar-refractivity contribution < 1.29 is 19.1 Å². The summed E-state index contributed by atoms with van der Waals surface area (Å²) in [6, 6.07) is 0. The first-order valence-electron chi connectivity index (χ1n) is 7.06. The lowest BCUT2D eigenvalue weighted by molar-refractivity contribution is -0.117. The van der Waals surface area contributed by atoms with Crippen LogP contribution in [-0.2, 0) is 14.3 Å². The monoisotopic (exact) mass is 340 g/mol. The highest BCUT2D eigenvalue weighted by atomic mass is 32.2. The van der Waals surface area contributed by atoms with Crippen LogP contribution >= 0.6 is 23.1 Å². The molecule has 0 spiro atoms. The van der Waals surface area contributed by atoms with Gasteiger partial charge in [0, 0.05) is 31.1 Å². The van der Waals surface area contributed by atoms with Crippen molar-refractivity contribution >= 4 is 45.2 Å². The lowest BCUT2D eigenvalue weighted by Crippen LogP contribution is -2.24.